The fraction of sp³-hybridized carbons (Fsp3) is 0.600. The molecule has 1 aliphatic carbocycles. The number of halogens is 1. The van der Waals surface area contributed by atoms with Gasteiger partial charge in [0.25, 0.3) is 0 Å². The highest BCUT2D eigenvalue weighted by atomic mass is 35.5. The van der Waals surface area contributed by atoms with E-state index in [9.17, 15) is 0 Å². The molecule has 1 fully saturated rings. The molecule has 1 aliphatic heterocycles. The summed E-state index contributed by atoms with van der Waals surface area (Å²) in [6, 6.07) is 0. The van der Waals surface area contributed by atoms with E-state index in [4.69, 9.17) is 16.6 Å². The van der Waals surface area contributed by atoms with Gasteiger partial charge in [-0.2, -0.15) is 0 Å². The highest BCUT2D eigenvalue weighted by molar-refractivity contribution is 7.19. The molecule has 2 aromatic heterocycles. The minimum Gasteiger partial charge on any atom is -0.340 e. The molecular weight excluding hydrogens is 290 g/mol. The normalized spacial score (nSPS) is 22.5. The Labute approximate surface area is 128 Å². The summed E-state index contributed by atoms with van der Waals surface area (Å²) in [6.07, 6.45) is 6.10. The molecule has 0 aromatic carbocycles. The monoisotopic (exact) mass is 307 g/mol. The van der Waals surface area contributed by atoms with Crippen LogP contribution in [-0.2, 0) is 12.8 Å². The van der Waals surface area contributed by atoms with Gasteiger partial charge in [0.1, 0.15) is 9.98 Å². The predicted octanol–water partition coefficient (Wildman–Crippen LogP) is 4.07. The first kappa shape index (κ1) is 12.8. The van der Waals surface area contributed by atoms with Crippen molar-refractivity contribution in [2.24, 2.45) is 5.92 Å². The second-order valence-electron chi connectivity index (χ2n) is 6.05. The lowest BCUT2D eigenvalue weighted by molar-refractivity contribution is 0.442. The Hall–Kier alpha value is -0.870. The zero-order valence-electron chi connectivity index (χ0n) is 11.7. The molecule has 3 nitrogen and oxygen atoms in total. The number of fused-ring (bicyclic) bond motifs is 3. The summed E-state index contributed by atoms with van der Waals surface area (Å²) >= 11 is 8.29. The highest BCUT2D eigenvalue weighted by Crippen LogP contribution is 2.40. The van der Waals surface area contributed by atoms with Gasteiger partial charge in [-0.15, -0.1) is 11.3 Å². The molecule has 0 bridgehead atoms. The lowest BCUT2D eigenvalue weighted by Gasteiger charge is -2.30. The SMILES string of the molecule is CC1CCCN(c2nc(Cl)c3c4c(sc3n2)CCC4)C1. The van der Waals surface area contributed by atoms with Crippen LogP contribution in [0.25, 0.3) is 10.2 Å². The molecule has 1 saturated heterocycles. The van der Waals surface area contributed by atoms with E-state index in [-0.39, 0.29) is 0 Å². The van der Waals surface area contributed by atoms with Crippen LogP contribution in [-0.4, -0.2) is 23.1 Å². The van der Waals surface area contributed by atoms with Gasteiger partial charge in [-0.1, -0.05) is 18.5 Å². The first-order chi connectivity index (χ1) is 9.72. The molecule has 0 amide bonds. The number of hydrogen-bond donors (Lipinski definition) is 0. The highest BCUT2D eigenvalue weighted by Gasteiger charge is 2.24. The maximum Gasteiger partial charge on any atom is 0.228 e. The molecule has 2 aromatic rings. The molecule has 20 heavy (non-hydrogen) atoms. The van der Waals surface area contributed by atoms with Crippen LogP contribution >= 0.6 is 22.9 Å². The van der Waals surface area contributed by atoms with E-state index in [0.29, 0.717) is 5.15 Å². The Balaban J connectivity index is 1.78. The fourth-order valence-corrected chi connectivity index (χ4v) is 5.04. The first-order valence-electron chi connectivity index (χ1n) is 7.45. The molecule has 4 rings (SSSR count). The van der Waals surface area contributed by atoms with E-state index in [1.165, 1.54) is 36.1 Å². The van der Waals surface area contributed by atoms with Gasteiger partial charge in [-0.05, 0) is 43.6 Å². The summed E-state index contributed by atoms with van der Waals surface area (Å²) in [7, 11) is 0. The molecule has 0 saturated carbocycles. The van der Waals surface area contributed by atoms with E-state index < -0.39 is 0 Å². The number of anilines is 1. The smallest absolute Gasteiger partial charge is 0.228 e. The lowest BCUT2D eigenvalue weighted by atomic mass is 10.0. The van der Waals surface area contributed by atoms with Gasteiger partial charge < -0.3 is 4.90 Å². The Bertz CT molecular complexity index is 667. The summed E-state index contributed by atoms with van der Waals surface area (Å²) in [5.74, 6) is 1.55. The van der Waals surface area contributed by atoms with Crippen LogP contribution in [0.15, 0.2) is 0 Å². The van der Waals surface area contributed by atoms with Gasteiger partial charge in [0.15, 0.2) is 0 Å². The van der Waals surface area contributed by atoms with E-state index in [0.717, 1.165) is 41.6 Å². The number of aryl methyl sites for hydroxylation is 2. The van der Waals surface area contributed by atoms with Gasteiger partial charge in [-0.25, -0.2) is 9.97 Å². The molecule has 3 heterocycles. The van der Waals surface area contributed by atoms with Crippen molar-refractivity contribution in [1.82, 2.24) is 9.97 Å². The van der Waals surface area contributed by atoms with Crippen molar-refractivity contribution in [3.8, 4) is 0 Å². The second kappa shape index (κ2) is 4.85. The van der Waals surface area contributed by atoms with E-state index in [2.05, 4.69) is 16.8 Å². The van der Waals surface area contributed by atoms with Crippen LogP contribution in [0.3, 0.4) is 0 Å². The van der Waals surface area contributed by atoms with Crippen LogP contribution in [0.4, 0.5) is 5.95 Å². The van der Waals surface area contributed by atoms with Gasteiger partial charge in [0, 0.05) is 18.0 Å². The van der Waals surface area contributed by atoms with Crippen LogP contribution in [0.2, 0.25) is 5.15 Å². The third-order valence-electron chi connectivity index (χ3n) is 4.45. The molecule has 0 spiro atoms. The first-order valence-corrected chi connectivity index (χ1v) is 8.64. The minimum absolute atomic E-state index is 0.655. The number of piperidine rings is 1. The molecule has 0 N–H and O–H groups in total. The van der Waals surface area contributed by atoms with E-state index in [1.54, 1.807) is 0 Å². The topological polar surface area (TPSA) is 29.0 Å². The number of nitrogens with zero attached hydrogens (tertiary/aromatic N) is 3. The molecule has 2 aliphatic rings. The maximum atomic E-state index is 6.47. The van der Waals surface area contributed by atoms with Crippen molar-refractivity contribution >= 4 is 39.1 Å². The molecular formula is C15H18ClN3S. The zero-order valence-corrected chi connectivity index (χ0v) is 13.2. The molecule has 1 unspecified atom stereocenters. The van der Waals surface area contributed by atoms with E-state index in [1.807, 2.05) is 11.3 Å². The maximum absolute atomic E-state index is 6.47. The van der Waals surface area contributed by atoms with Crippen LogP contribution in [0, 0.1) is 5.92 Å². The Morgan fingerprint density at radius 2 is 2.15 bits per heavy atom. The van der Waals surface area contributed by atoms with Crippen molar-refractivity contribution in [3.05, 3.63) is 15.6 Å². The summed E-state index contributed by atoms with van der Waals surface area (Å²) in [4.78, 5) is 14.3. The molecule has 5 heteroatoms. The lowest BCUT2D eigenvalue weighted by Crippen LogP contribution is -2.35. The Morgan fingerprint density at radius 1 is 1.25 bits per heavy atom. The van der Waals surface area contributed by atoms with Crippen molar-refractivity contribution in [1.29, 1.82) is 0 Å². The van der Waals surface area contributed by atoms with Gasteiger partial charge in [-0.3, -0.25) is 0 Å². The number of rotatable bonds is 1. The summed E-state index contributed by atoms with van der Waals surface area (Å²) in [6.45, 7) is 4.40. The fourth-order valence-electron chi connectivity index (χ4n) is 3.45. The number of hydrogen-bond acceptors (Lipinski definition) is 4. The average molecular weight is 308 g/mol. The van der Waals surface area contributed by atoms with Gasteiger partial charge in [0.05, 0.1) is 5.39 Å². The quantitative estimate of drug-likeness (QED) is 0.744. The van der Waals surface area contributed by atoms with Crippen LogP contribution in [0.5, 0.6) is 0 Å². The predicted molar refractivity (Wildman–Crippen MR) is 85.1 cm³/mol. The van der Waals surface area contributed by atoms with Crippen molar-refractivity contribution in [2.75, 3.05) is 18.0 Å². The third-order valence-corrected chi connectivity index (χ3v) is 5.91. The van der Waals surface area contributed by atoms with Crippen molar-refractivity contribution in [2.45, 2.75) is 39.0 Å². The van der Waals surface area contributed by atoms with Crippen molar-refractivity contribution < 1.29 is 0 Å². The van der Waals surface area contributed by atoms with Gasteiger partial charge >= 0.3 is 0 Å². The number of aromatic nitrogens is 2. The third kappa shape index (κ3) is 2.01. The zero-order chi connectivity index (χ0) is 13.7. The van der Waals surface area contributed by atoms with Gasteiger partial charge in [0.2, 0.25) is 5.95 Å². The average Bonchev–Trinajstić information content (AvgIpc) is 2.98. The summed E-state index contributed by atoms with van der Waals surface area (Å²) in [5, 5.41) is 1.78. The molecule has 1 atom stereocenters. The second-order valence-corrected chi connectivity index (χ2v) is 7.49. The molecule has 106 valence electrons. The minimum atomic E-state index is 0.655. The largest absolute Gasteiger partial charge is 0.340 e. The summed E-state index contributed by atoms with van der Waals surface area (Å²) < 4.78 is 0. The van der Waals surface area contributed by atoms with Crippen LogP contribution in [0.1, 0.15) is 36.6 Å². The van der Waals surface area contributed by atoms with Crippen LogP contribution < -0.4 is 4.90 Å². The van der Waals surface area contributed by atoms with Crippen molar-refractivity contribution in [3.63, 3.8) is 0 Å². The Kier molecular flexibility index (Phi) is 3.11. The van der Waals surface area contributed by atoms with E-state index >= 15 is 0 Å². The standard InChI is InChI=1S/C15H18ClN3S/c1-9-4-3-7-19(8-9)15-17-13(16)12-10-5-2-6-11(10)20-14(12)18-15/h9H,2-8H2,1H3. The summed E-state index contributed by atoms with van der Waals surface area (Å²) in [5.41, 5.74) is 1.41. The Morgan fingerprint density at radius 3 is 3.00 bits per heavy atom. The number of thiophene rings is 1. The molecule has 0 radical (unpaired) electrons.